The Labute approximate surface area is 194 Å². The molecule has 1 aliphatic rings. The van der Waals surface area contributed by atoms with Crippen LogP contribution in [0.5, 0.6) is 0 Å². The predicted octanol–water partition coefficient (Wildman–Crippen LogP) is 3.21. The van der Waals surface area contributed by atoms with Crippen molar-refractivity contribution in [1.82, 2.24) is 30.0 Å². The minimum Gasteiger partial charge on any atom is -0.377 e. The van der Waals surface area contributed by atoms with E-state index in [1.165, 1.54) is 5.56 Å². The molecule has 1 fully saturated rings. The summed E-state index contributed by atoms with van der Waals surface area (Å²) in [6, 6.07) is 8.20. The maximum Gasteiger partial charge on any atom is 0.317 e. The van der Waals surface area contributed by atoms with Gasteiger partial charge in [-0.25, -0.2) is 19.4 Å². The summed E-state index contributed by atoms with van der Waals surface area (Å²) in [7, 11) is 1.64. The molecule has 1 N–H and O–H groups in total. The number of urea groups is 1. The van der Waals surface area contributed by atoms with Crippen LogP contribution in [0, 0.1) is 13.8 Å². The third-order valence-electron chi connectivity index (χ3n) is 5.63. The summed E-state index contributed by atoms with van der Waals surface area (Å²) in [6.07, 6.45) is 0. The second kappa shape index (κ2) is 8.97. The molecule has 2 aromatic heterocycles. The summed E-state index contributed by atoms with van der Waals surface area (Å²) in [4.78, 5) is 26.3. The number of benzene rings is 1. The molecule has 1 aromatic carbocycles. The van der Waals surface area contributed by atoms with Gasteiger partial charge < -0.3 is 19.9 Å². The summed E-state index contributed by atoms with van der Waals surface area (Å²) >= 11 is 0. The van der Waals surface area contributed by atoms with Crippen LogP contribution in [-0.2, 0) is 11.3 Å². The number of hydrogen-bond acceptors (Lipinski definition) is 6. The Morgan fingerprint density at radius 3 is 2.33 bits per heavy atom. The summed E-state index contributed by atoms with van der Waals surface area (Å²) in [5, 5.41) is 8.78. The van der Waals surface area contributed by atoms with E-state index in [2.05, 4.69) is 29.3 Å². The summed E-state index contributed by atoms with van der Waals surface area (Å²) in [6.45, 7) is 13.0. The van der Waals surface area contributed by atoms with Gasteiger partial charge in [0.05, 0.1) is 16.8 Å². The highest BCUT2D eigenvalue weighted by Gasteiger charge is 2.27. The van der Waals surface area contributed by atoms with Crippen LogP contribution in [0.2, 0.25) is 0 Å². The Morgan fingerprint density at radius 2 is 1.73 bits per heavy atom. The fourth-order valence-electron chi connectivity index (χ4n) is 4.02. The van der Waals surface area contributed by atoms with Crippen LogP contribution in [0.25, 0.3) is 16.7 Å². The molecule has 0 bridgehead atoms. The molecule has 176 valence electrons. The second-order valence-corrected chi connectivity index (χ2v) is 9.58. The zero-order valence-electron chi connectivity index (χ0n) is 20.3. The van der Waals surface area contributed by atoms with Gasteiger partial charge >= 0.3 is 6.03 Å². The SMILES string of the molecule is COCc1nc(N2CCN(C(=O)NC(C)(C)C)CC2)c2c(C)nn(-c3ccc(C)cc3)c2n1. The van der Waals surface area contributed by atoms with Gasteiger partial charge in [0.1, 0.15) is 12.4 Å². The lowest BCUT2D eigenvalue weighted by atomic mass is 10.1. The molecular weight excluding hydrogens is 418 g/mol. The molecule has 0 radical (unpaired) electrons. The maximum absolute atomic E-state index is 12.6. The molecule has 0 saturated carbocycles. The zero-order valence-corrected chi connectivity index (χ0v) is 20.3. The van der Waals surface area contributed by atoms with Crippen molar-refractivity contribution in [3.05, 3.63) is 41.3 Å². The van der Waals surface area contributed by atoms with E-state index in [1.807, 2.05) is 49.4 Å². The van der Waals surface area contributed by atoms with Crippen LogP contribution in [0.4, 0.5) is 10.6 Å². The van der Waals surface area contributed by atoms with Crippen molar-refractivity contribution in [1.29, 1.82) is 0 Å². The normalized spacial score (nSPS) is 14.7. The number of hydrogen-bond donors (Lipinski definition) is 1. The van der Waals surface area contributed by atoms with Crippen molar-refractivity contribution in [3.8, 4) is 5.69 Å². The van der Waals surface area contributed by atoms with E-state index < -0.39 is 0 Å². The largest absolute Gasteiger partial charge is 0.377 e. The number of anilines is 1. The van der Waals surface area contributed by atoms with E-state index in [1.54, 1.807) is 7.11 Å². The van der Waals surface area contributed by atoms with E-state index >= 15 is 0 Å². The number of piperazine rings is 1. The van der Waals surface area contributed by atoms with Crippen molar-refractivity contribution in [3.63, 3.8) is 0 Å². The van der Waals surface area contributed by atoms with Crippen LogP contribution in [-0.4, -0.2) is 69.5 Å². The number of nitrogens with zero attached hydrogens (tertiary/aromatic N) is 6. The minimum absolute atomic E-state index is 0.0292. The molecule has 33 heavy (non-hydrogen) atoms. The number of carbonyl (C=O) groups excluding carboxylic acids is 1. The van der Waals surface area contributed by atoms with E-state index in [-0.39, 0.29) is 11.6 Å². The molecule has 0 atom stereocenters. The number of carbonyl (C=O) groups is 1. The molecule has 9 nitrogen and oxygen atoms in total. The Bertz CT molecular complexity index is 1140. The Kier molecular flexibility index (Phi) is 6.25. The van der Waals surface area contributed by atoms with E-state index in [0.717, 1.165) is 28.2 Å². The lowest BCUT2D eigenvalue weighted by molar-refractivity contribution is 0.178. The highest BCUT2D eigenvalue weighted by Crippen LogP contribution is 2.30. The summed E-state index contributed by atoms with van der Waals surface area (Å²) in [5.41, 5.74) is 3.52. The number of fused-ring (bicyclic) bond motifs is 1. The number of nitrogens with one attached hydrogen (secondary N) is 1. The van der Waals surface area contributed by atoms with Gasteiger partial charge in [-0.1, -0.05) is 17.7 Å². The predicted molar refractivity (Wildman–Crippen MR) is 129 cm³/mol. The highest BCUT2D eigenvalue weighted by molar-refractivity contribution is 5.91. The molecule has 0 aliphatic carbocycles. The van der Waals surface area contributed by atoms with Crippen molar-refractivity contribution in [2.45, 2.75) is 46.8 Å². The van der Waals surface area contributed by atoms with E-state index in [9.17, 15) is 4.79 Å². The quantitative estimate of drug-likeness (QED) is 0.655. The fourth-order valence-corrected chi connectivity index (χ4v) is 4.02. The Morgan fingerprint density at radius 1 is 1.06 bits per heavy atom. The van der Waals surface area contributed by atoms with Crippen LogP contribution in [0.15, 0.2) is 24.3 Å². The Hall–Kier alpha value is -3.20. The molecular formula is C24H33N7O2. The third kappa shape index (κ3) is 4.93. The fraction of sp³-hybridized carbons (Fsp3) is 0.500. The van der Waals surface area contributed by atoms with Crippen molar-refractivity contribution >= 4 is 22.9 Å². The van der Waals surface area contributed by atoms with Gasteiger partial charge in [-0.3, -0.25) is 0 Å². The number of aromatic nitrogens is 4. The standard InChI is InChI=1S/C24H33N7O2/c1-16-7-9-18(10-8-16)31-22-20(17(2)28-31)21(25-19(26-22)15-33-6)29-11-13-30(14-12-29)23(32)27-24(3,4)5/h7-10H,11-15H2,1-6H3,(H,27,32). The first-order valence-electron chi connectivity index (χ1n) is 11.3. The molecule has 2 amide bonds. The number of methoxy groups -OCH3 is 1. The first-order chi connectivity index (χ1) is 15.7. The summed E-state index contributed by atoms with van der Waals surface area (Å²) in [5.74, 6) is 1.46. The van der Waals surface area contributed by atoms with Crippen LogP contribution in [0.1, 0.15) is 37.9 Å². The average molecular weight is 452 g/mol. The van der Waals surface area contributed by atoms with Gasteiger partial charge in [-0.05, 0) is 46.8 Å². The van der Waals surface area contributed by atoms with Gasteiger partial charge in [0.15, 0.2) is 11.5 Å². The third-order valence-corrected chi connectivity index (χ3v) is 5.63. The van der Waals surface area contributed by atoms with Crippen molar-refractivity contribution in [2.24, 2.45) is 0 Å². The highest BCUT2D eigenvalue weighted by atomic mass is 16.5. The monoisotopic (exact) mass is 451 g/mol. The molecule has 1 aliphatic heterocycles. The lowest BCUT2D eigenvalue weighted by Crippen LogP contribution is -2.55. The van der Waals surface area contributed by atoms with Gasteiger partial charge in [0.2, 0.25) is 0 Å². The minimum atomic E-state index is -0.260. The molecule has 9 heteroatoms. The number of aryl methyl sites for hydroxylation is 2. The number of ether oxygens (including phenoxy) is 1. The Balaban J connectivity index is 1.68. The molecule has 0 unspecified atom stereocenters. The molecule has 1 saturated heterocycles. The lowest BCUT2D eigenvalue weighted by Gasteiger charge is -2.37. The summed E-state index contributed by atoms with van der Waals surface area (Å²) < 4.78 is 7.22. The van der Waals surface area contributed by atoms with Gasteiger partial charge in [-0.2, -0.15) is 5.10 Å². The average Bonchev–Trinajstić information content (AvgIpc) is 3.09. The molecule has 3 aromatic rings. The first kappa shape index (κ1) is 23.0. The van der Waals surface area contributed by atoms with Crippen molar-refractivity contribution < 1.29 is 9.53 Å². The van der Waals surface area contributed by atoms with Crippen LogP contribution in [0.3, 0.4) is 0 Å². The number of amides is 2. The van der Waals surface area contributed by atoms with Crippen LogP contribution < -0.4 is 10.2 Å². The van der Waals surface area contributed by atoms with Crippen LogP contribution >= 0.6 is 0 Å². The molecule has 0 spiro atoms. The van der Waals surface area contributed by atoms with Crippen molar-refractivity contribution in [2.75, 3.05) is 38.2 Å². The topological polar surface area (TPSA) is 88.4 Å². The first-order valence-corrected chi connectivity index (χ1v) is 11.3. The van der Waals surface area contributed by atoms with E-state index in [0.29, 0.717) is 38.6 Å². The zero-order chi connectivity index (χ0) is 23.8. The van der Waals surface area contributed by atoms with Gasteiger partial charge in [0, 0.05) is 38.8 Å². The van der Waals surface area contributed by atoms with E-state index in [4.69, 9.17) is 19.8 Å². The van der Waals surface area contributed by atoms with Gasteiger partial charge in [-0.15, -0.1) is 0 Å². The van der Waals surface area contributed by atoms with Gasteiger partial charge in [0.25, 0.3) is 0 Å². The molecule has 3 heterocycles. The number of rotatable bonds is 4. The second-order valence-electron chi connectivity index (χ2n) is 9.58. The molecule has 4 rings (SSSR count). The maximum atomic E-state index is 12.6. The smallest absolute Gasteiger partial charge is 0.317 e.